The molecule has 0 radical (unpaired) electrons. The van der Waals surface area contributed by atoms with Crippen molar-refractivity contribution in [3.8, 4) is 0 Å². The molecule has 2 rings (SSSR count). The minimum absolute atomic E-state index is 0.0946. The van der Waals surface area contributed by atoms with Crippen LogP contribution < -0.4 is 11.5 Å². The van der Waals surface area contributed by atoms with Crippen LogP contribution in [0.25, 0.3) is 0 Å². The molecule has 0 aliphatic heterocycles. The Bertz CT molecular complexity index is 561. The molecule has 98 valence electrons. The lowest BCUT2D eigenvalue weighted by Crippen LogP contribution is -2.26. The highest BCUT2D eigenvalue weighted by atomic mass is 16.2. The predicted molar refractivity (Wildman–Crippen MR) is 77.5 cm³/mol. The van der Waals surface area contributed by atoms with Crippen LogP contribution in [-0.2, 0) is 6.54 Å². The van der Waals surface area contributed by atoms with Crippen molar-refractivity contribution >= 4 is 17.3 Å². The minimum Gasteiger partial charge on any atom is -0.399 e. The Morgan fingerprint density at radius 1 is 1.05 bits per heavy atom. The van der Waals surface area contributed by atoms with Gasteiger partial charge in [-0.15, -0.1) is 0 Å². The Balaban J connectivity index is 2.15. The van der Waals surface area contributed by atoms with E-state index in [1.54, 1.807) is 30.1 Å². The second-order valence-electron chi connectivity index (χ2n) is 4.54. The summed E-state index contributed by atoms with van der Waals surface area (Å²) in [7, 11) is 1.76. The van der Waals surface area contributed by atoms with Gasteiger partial charge in [-0.3, -0.25) is 4.79 Å². The first-order valence-corrected chi connectivity index (χ1v) is 6.01. The third kappa shape index (κ3) is 3.25. The number of hydrogen-bond acceptors (Lipinski definition) is 3. The smallest absolute Gasteiger partial charge is 0.254 e. The Labute approximate surface area is 112 Å². The standard InChI is InChI=1S/C15H17N3O/c1-18(10-11-5-3-2-4-6-11)15(19)12-7-13(16)9-14(17)8-12/h2-9H,10,16-17H2,1H3. The molecule has 19 heavy (non-hydrogen) atoms. The van der Waals surface area contributed by atoms with E-state index in [2.05, 4.69) is 0 Å². The van der Waals surface area contributed by atoms with Crippen molar-refractivity contribution < 1.29 is 4.79 Å². The molecule has 0 saturated heterocycles. The molecule has 1 amide bonds. The highest BCUT2D eigenvalue weighted by molar-refractivity contribution is 5.95. The maximum Gasteiger partial charge on any atom is 0.254 e. The third-order valence-corrected chi connectivity index (χ3v) is 2.83. The number of rotatable bonds is 3. The van der Waals surface area contributed by atoms with E-state index in [9.17, 15) is 4.79 Å². The summed E-state index contributed by atoms with van der Waals surface area (Å²) in [5.74, 6) is -0.0946. The lowest BCUT2D eigenvalue weighted by Gasteiger charge is -2.17. The molecule has 0 heterocycles. The van der Waals surface area contributed by atoms with Crippen molar-refractivity contribution in [1.29, 1.82) is 0 Å². The monoisotopic (exact) mass is 255 g/mol. The van der Waals surface area contributed by atoms with Crippen LogP contribution in [0, 0.1) is 0 Å². The van der Waals surface area contributed by atoms with E-state index < -0.39 is 0 Å². The lowest BCUT2D eigenvalue weighted by molar-refractivity contribution is 0.0785. The summed E-state index contributed by atoms with van der Waals surface area (Å²) < 4.78 is 0. The highest BCUT2D eigenvalue weighted by Crippen LogP contribution is 2.16. The summed E-state index contributed by atoms with van der Waals surface area (Å²) in [4.78, 5) is 13.9. The molecule has 0 fully saturated rings. The Morgan fingerprint density at radius 2 is 1.63 bits per heavy atom. The van der Waals surface area contributed by atoms with E-state index >= 15 is 0 Å². The Kier molecular flexibility index (Phi) is 3.71. The Hall–Kier alpha value is -2.49. The molecule has 4 heteroatoms. The molecule has 0 aromatic heterocycles. The quantitative estimate of drug-likeness (QED) is 0.825. The first-order valence-electron chi connectivity index (χ1n) is 6.01. The number of hydrogen-bond donors (Lipinski definition) is 2. The molecule has 2 aromatic carbocycles. The fourth-order valence-corrected chi connectivity index (χ4v) is 1.95. The molecular weight excluding hydrogens is 238 g/mol. The maximum atomic E-state index is 12.3. The van der Waals surface area contributed by atoms with Gasteiger partial charge in [0.2, 0.25) is 0 Å². The highest BCUT2D eigenvalue weighted by Gasteiger charge is 2.12. The zero-order valence-corrected chi connectivity index (χ0v) is 10.8. The van der Waals surface area contributed by atoms with Crippen LogP contribution >= 0.6 is 0 Å². The van der Waals surface area contributed by atoms with E-state index in [1.807, 2.05) is 30.3 Å². The summed E-state index contributed by atoms with van der Waals surface area (Å²) in [5, 5.41) is 0. The number of carbonyl (C=O) groups is 1. The van der Waals surface area contributed by atoms with Gasteiger partial charge in [-0.25, -0.2) is 0 Å². The van der Waals surface area contributed by atoms with Crippen LogP contribution in [0.15, 0.2) is 48.5 Å². The van der Waals surface area contributed by atoms with Gasteiger partial charge in [0.25, 0.3) is 5.91 Å². The topological polar surface area (TPSA) is 72.3 Å². The van der Waals surface area contributed by atoms with Crippen LogP contribution in [0.4, 0.5) is 11.4 Å². The largest absolute Gasteiger partial charge is 0.399 e. The molecule has 0 spiro atoms. The van der Waals surface area contributed by atoms with Gasteiger partial charge in [0.1, 0.15) is 0 Å². The maximum absolute atomic E-state index is 12.3. The SMILES string of the molecule is CN(Cc1ccccc1)C(=O)c1cc(N)cc(N)c1. The van der Waals surface area contributed by atoms with Crippen LogP contribution in [-0.4, -0.2) is 17.9 Å². The molecule has 0 unspecified atom stereocenters. The molecule has 2 aromatic rings. The summed E-state index contributed by atoms with van der Waals surface area (Å²) in [6.45, 7) is 0.550. The van der Waals surface area contributed by atoms with Crippen LogP contribution in [0.2, 0.25) is 0 Å². The van der Waals surface area contributed by atoms with Crippen molar-refractivity contribution in [2.75, 3.05) is 18.5 Å². The zero-order chi connectivity index (χ0) is 13.8. The normalized spacial score (nSPS) is 10.2. The first-order chi connectivity index (χ1) is 9.06. The van der Waals surface area contributed by atoms with Gasteiger partial charge in [0.15, 0.2) is 0 Å². The summed E-state index contributed by atoms with van der Waals surface area (Å²) >= 11 is 0. The number of anilines is 2. The third-order valence-electron chi connectivity index (χ3n) is 2.83. The van der Waals surface area contributed by atoms with Crippen molar-refractivity contribution in [2.45, 2.75) is 6.54 Å². The number of nitrogens with zero attached hydrogens (tertiary/aromatic N) is 1. The molecule has 4 N–H and O–H groups in total. The fourth-order valence-electron chi connectivity index (χ4n) is 1.95. The predicted octanol–water partition coefficient (Wildman–Crippen LogP) is 2.12. The number of amides is 1. The summed E-state index contributed by atoms with van der Waals surface area (Å²) in [5.41, 5.74) is 14.0. The number of nitrogens with two attached hydrogens (primary N) is 2. The van der Waals surface area contributed by atoms with Crippen LogP contribution in [0.3, 0.4) is 0 Å². The van der Waals surface area contributed by atoms with Crippen molar-refractivity contribution in [3.05, 3.63) is 59.7 Å². The van der Waals surface area contributed by atoms with Gasteiger partial charge >= 0.3 is 0 Å². The van der Waals surface area contributed by atoms with Crippen molar-refractivity contribution in [1.82, 2.24) is 4.90 Å². The zero-order valence-electron chi connectivity index (χ0n) is 10.8. The van der Waals surface area contributed by atoms with Gasteiger partial charge in [0.05, 0.1) is 0 Å². The van der Waals surface area contributed by atoms with Crippen molar-refractivity contribution in [2.24, 2.45) is 0 Å². The van der Waals surface area contributed by atoms with E-state index in [1.165, 1.54) is 0 Å². The summed E-state index contributed by atoms with van der Waals surface area (Å²) in [6.07, 6.45) is 0. The number of nitrogen functional groups attached to an aromatic ring is 2. The molecule has 0 aliphatic carbocycles. The fraction of sp³-hybridized carbons (Fsp3) is 0.133. The average molecular weight is 255 g/mol. The van der Waals surface area contributed by atoms with E-state index in [-0.39, 0.29) is 5.91 Å². The Morgan fingerprint density at radius 3 is 2.21 bits per heavy atom. The number of benzene rings is 2. The molecule has 0 saturated carbocycles. The van der Waals surface area contributed by atoms with Gasteiger partial charge in [-0.2, -0.15) is 0 Å². The lowest BCUT2D eigenvalue weighted by atomic mass is 10.1. The molecule has 0 bridgehead atoms. The number of carbonyl (C=O) groups excluding carboxylic acids is 1. The van der Waals surface area contributed by atoms with Crippen LogP contribution in [0.5, 0.6) is 0 Å². The van der Waals surface area contributed by atoms with Gasteiger partial charge in [-0.05, 0) is 23.8 Å². The molecule has 0 aliphatic rings. The minimum atomic E-state index is -0.0946. The van der Waals surface area contributed by atoms with E-state index in [0.717, 1.165) is 5.56 Å². The summed E-state index contributed by atoms with van der Waals surface area (Å²) in [6, 6.07) is 14.7. The van der Waals surface area contributed by atoms with E-state index in [4.69, 9.17) is 11.5 Å². The second kappa shape index (κ2) is 5.44. The van der Waals surface area contributed by atoms with Gasteiger partial charge in [0, 0.05) is 30.5 Å². The molecular formula is C15H17N3O. The first kappa shape index (κ1) is 13.0. The molecule has 0 atom stereocenters. The van der Waals surface area contributed by atoms with Crippen LogP contribution in [0.1, 0.15) is 15.9 Å². The molecule has 4 nitrogen and oxygen atoms in total. The second-order valence-corrected chi connectivity index (χ2v) is 4.54. The van der Waals surface area contributed by atoms with Crippen molar-refractivity contribution in [3.63, 3.8) is 0 Å². The van der Waals surface area contributed by atoms with Gasteiger partial charge < -0.3 is 16.4 Å². The van der Waals surface area contributed by atoms with E-state index in [0.29, 0.717) is 23.5 Å². The van der Waals surface area contributed by atoms with Gasteiger partial charge in [-0.1, -0.05) is 30.3 Å². The average Bonchev–Trinajstić information content (AvgIpc) is 2.37.